The molecule has 0 heterocycles. The maximum absolute atomic E-state index is 13.0. The minimum absolute atomic E-state index is 0.00217. The lowest BCUT2D eigenvalue weighted by atomic mass is 10.0. The first-order valence-electron chi connectivity index (χ1n) is 9.26. The number of nitrogens with one attached hydrogen (secondary N) is 1. The molecule has 2 rings (SSSR count). The Kier molecular flexibility index (Phi) is 7.84. The van der Waals surface area contributed by atoms with Gasteiger partial charge in [-0.25, -0.2) is 0 Å². The summed E-state index contributed by atoms with van der Waals surface area (Å²) in [6.07, 6.45) is 0. The summed E-state index contributed by atoms with van der Waals surface area (Å²) in [5.41, 5.74) is 2.02. The molecule has 0 aliphatic rings. The van der Waals surface area contributed by atoms with E-state index >= 15 is 0 Å². The van der Waals surface area contributed by atoms with Gasteiger partial charge < -0.3 is 19.7 Å². The van der Waals surface area contributed by atoms with Crippen LogP contribution >= 0.6 is 0 Å². The third-order valence-corrected chi connectivity index (χ3v) is 4.77. The number of nitrogens with zero attached hydrogens (tertiary/aromatic N) is 2. The van der Waals surface area contributed by atoms with E-state index in [1.54, 1.807) is 14.2 Å². The van der Waals surface area contributed by atoms with Gasteiger partial charge in [0, 0.05) is 6.54 Å². The van der Waals surface area contributed by atoms with Gasteiger partial charge in [-0.2, -0.15) is 0 Å². The van der Waals surface area contributed by atoms with E-state index in [9.17, 15) is 4.79 Å². The van der Waals surface area contributed by atoms with Gasteiger partial charge in [0.25, 0.3) is 0 Å². The largest absolute Gasteiger partial charge is 0.493 e. The minimum atomic E-state index is -0.339. The van der Waals surface area contributed by atoms with Crippen molar-refractivity contribution >= 4 is 5.91 Å². The lowest BCUT2D eigenvalue weighted by Gasteiger charge is -2.28. The van der Waals surface area contributed by atoms with Gasteiger partial charge in [-0.05, 0) is 51.5 Å². The van der Waals surface area contributed by atoms with Crippen LogP contribution in [-0.4, -0.2) is 64.7 Å². The number of rotatable bonds is 9. The number of carbonyl (C=O) groups excluding carboxylic acids is 1. The lowest BCUT2D eigenvalue weighted by Crippen LogP contribution is -2.41. The Balaban J connectivity index is 2.17. The van der Waals surface area contributed by atoms with Gasteiger partial charge >= 0.3 is 0 Å². The number of hydrogen-bond donors (Lipinski definition) is 1. The molecule has 0 spiro atoms. The standard InChI is InChI=1S/C22H31N3O3/c1-24(2)18(17-12-13-19(27-5)20(14-17)28-6)15-23-22(26)21(25(3)4)16-10-8-7-9-11-16/h7-14,18,21H,15H2,1-6H3,(H,23,26). The molecule has 0 bridgehead atoms. The predicted molar refractivity (Wildman–Crippen MR) is 112 cm³/mol. The Morgan fingerprint density at radius 1 is 0.893 bits per heavy atom. The summed E-state index contributed by atoms with van der Waals surface area (Å²) in [6.45, 7) is 0.485. The van der Waals surface area contributed by atoms with Gasteiger partial charge in [0.05, 0.1) is 20.3 Å². The van der Waals surface area contributed by atoms with E-state index in [0.717, 1.165) is 11.1 Å². The molecule has 0 aliphatic carbocycles. The number of ether oxygens (including phenoxy) is 2. The van der Waals surface area contributed by atoms with Crippen molar-refractivity contribution in [1.82, 2.24) is 15.1 Å². The summed E-state index contributed by atoms with van der Waals surface area (Å²) in [5.74, 6) is 1.33. The van der Waals surface area contributed by atoms with Crippen molar-refractivity contribution in [3.05, 3.63) is 59.7 Å². The number of amides is 1. The zero-order valence-electron chi connectivity index (χ0n) is 17.6. The average Bonchev–Trinajstić information content (AvgIpc) is 2.68. The average molecular weight is 386 g/mol. The number of methoxy groups -OCH3 is 2. The smallest absolute Gasteiger partial charge is 0.242 e. The Morgan fingerprint density at radius 2 is 1.54 bits per heavy atom. The fourth-order valence-electron chi connectivity index (χ4n) is 3.27. The van der Waals surface area contributed by atoms with Crippen LogP contribution in [0.2, 0.25) is 0 Å². The van der Waals surface area contributed by atoms with Crippen LogP contribution in [0.1, 0.15) is 23.2 Å². The molecule has 2 aromatic carbocycles. The molecule has 2 atom stereocenters. The molecular formula is C22H31N3O3. The fourth-order valence-corrected chi connectivity index (χ4v) is 3.27. The molecule has 0 aromatic heterocycles. The Morgan fingerprint density at radius 3 is 2.07 bits per heavy atom. The van der Waals surface area contributed by atoms with E-state index < -0.39 is 0 Å². The van der Waals surface area contributed by atoms with Crippen LogP contribution < -0.4 is 14.8 Å². The van der Waals surface area contributed by atoms with E-state index in [1.165, 1.54) is 0 Å². The van der Waals surface area contributed by atoms with Crippen LogP contribution in [0.5, 0.6) is 11.5 Å². The number of benzene rings is 2. The summed E-state index contributed by atoms with van der Waals surface area (Å²) >= 11 is 0. The van der Waals surface area contributed by atoms with Crippen molar-refractivity contribution in [2.75, 3.05) is 49.0 Å². The van der Waals surface area contributed by atoms with Crippen LogP contribution in [0.15, 0.2) is 48.5 Å². The zero-order valence-corrected chi connectivity index (χ0v) is 17.6. The van der Waals surface area contributed by atoms with Crippen LogP contribution in [-0.2, 0) is 4.79 Å². The Labute approximate surface area is 168 Å². The van der Waals surface area contributed by atoms with Gasteiger partial charge in [0.15, 0.2) is 11.5 Å². The lowest BCUT2D eigenvalue weighted by molar-refractivity contribution is -0.126. The molecule has 0 saturated carbocycles. The third kappa shape index (κ3) is 5.24. The highest BCUT2D eigenvalue weighted by atomic mass is 16.5. The molecule has 0 radical (unpaired) electrons. The third-order valence-electron chi connectivity index (χ3n) is 4.77. The van der Waals surface area contributed by atoms with Crippen LogP contribution in [0.4, 0.5) is 0 Å². The van der Waals surface area contributed by atoms with E-state index in [2.05, 4.69) is 10.2 Å². The van der Waals surface area contributed by atoms with Gasteiger partial charge in [-0.15, -0.1) is 0 Å². The second-order valence-electron chi connectivity index (χ2n) is 7.12. The monoisotopic (exact) mass is 385 g/mol. The molecule has 0 fully saturated rings. The van der Waals surface area contributed by atoms with Crippen LogP contribution in [0.25, 0.3) is 0 Å². The summed E-state index contributed by atoms with van der Waals surface area (Å²) in [5, 5.41) is 3.11. The van der Waals surface area contributed by atoms with Crippen molar-refractivity contribution in [2.24, 2.45) is 0 Å². The maximum atomic E-state index is 13.0. The number of hydrogen-bond acceptors (Lipinski definition) is 5. The summed E-state index contributed by atoms with van der Waals surface area (Å²) in [4.78, 5) is 17.0. The number of likely N-dealkylation sites (N-methyl/N-ethyl adjacent to an activating group) is 2. The first-order valence-corrected chi connectivity index (χ1v) is 9.26. The highest BCUT2D eigenvalue weighted by molar-refractivity contribution is 5.83. The van der Waals surface area contributed by atoms with Gasteiger partial charge in [0.2, 0.25) is 5.91 Å². The Bertz CT molecular complexity index is 763. The van der Waals surface area contributed by atoms with E-state index in [4.69, 9.17) is 9.47 Å². The molecule has 2 aromatic rings. The predicted octanol–water partition coefficient (Wildman–Crippen LogP) is 2.73. The van der Waals surface area contributed by atoms with Gasteiger partial charge in [-0.1, -0.05) is 36.4 Å². The van der Waals surface area contributed by atoms with Crippen molar-refractivity contribution in [2.45, 2.75) is 12.1 Å². The highest BCUT2D eigenvalue weighted by Gasteiger charge is 2.24. The molecule has 0 aliphatic heterocycles. The van der Waals surface area contributed by atoms with Crippen molar-refractivity contribution < 1.29 is 14.3 Å². The molecule has 1 N–H and O–H groups in total. The Hall–Kier alpha value is -2.57. The summed E-state index contributed by atoms with van der Waals surface area (Å²) < 4.78 is 10.7. The molecule has 6 nitrogen and oxygen atoms in total. The second-order valence-corrected chi connectivity index (χ2v) is 7.12. The normalized spacial score (nSPS) is 13.3. The summed E-state index contributed by atoms with van der Waals surface area (Å²) in [7, 11) is 11.0. The van der Waals surface area contributed by atoms with Crippen molar-refractivity contribution in [3.63, 3.8) is 0 Å². The molecule has 28 heavy (non-hydrogen) atoms. The highest BCUT2D eigenvalue weighted by Crippen LogP contribution is 2.31. The van der Waals surface area contributed by atoms with Crippen LogP contribution in [0.3, 0.4) is 0 Å². The SMILES string of the molecule is COc1ccc(C(CNC(=O)C(c2ccccc2)N(C)C)N(C)C)cc1OC. The first kappa shape index (κ1) is 21.7. The molecule has 6 heteroatoms. The van der Waals surface area contributed by atoms with E-state index in [1.807, 2.05) is 81.6 Å². The molecular weight excluding hydrogens is 354 g/mol. The molecule has 1 amide bonds. The molecule has 2 unspecified atom stereocenters. The van der Waals surface area contributed by atoms with Crippen molar-refractivity contribution in [3.8, 4) is 11.5 Å². The number of carbonyl (C=O) groups is 1. The molecule has 0 saturated heterocycles. The molecule has 152 valence electrons. The quantitative estimate of drug-likeness (QED) is 0.719. The van der Waals surface area contributed by atoms with Gasteiger partial charge in [-0.3, -0.25) is 9.69 Å². The fraction of sp³-hybridized carbons (Fsp3) is 0.409. The zero-order chi connectivity index (χ0) is 20.7. The topological polar surface area (TPSA) is 54.0 Å². The van der Waals surface area contributed by atoms with Crippen LogP contribution in [0, 0.1) is 0 Å². The first-order chi connectivity index (χ1) is 13.4. The summed E-state index contributed by atoms with van der Waals surface area (Å²) in [6, 6.07) is 15.3. The maximum Gasteiger partial charge on any atom is 0.242 e. The van der Waals surface area contributed by atoms with E-state index in [0.29, 0.717) is 18.0 Å². The minimum Gasteiger partial charge on any atom is -0.493 e. The second kappa shape index (κ2) is 10.1. The van der Waals surface area contributed by atoms with Crippen molar-refractivity contribution in [1.29, 1.82) is 0 Å². The van der Waals surface area contributed by atoms with Gasteiger partial charge in [0.1, 0.15) is 6.04 Å². The van der Waals surface area contributed by atoms with E-state index in [-0.39, 0.29) is 18.0 Å².